The molecule has 0 aromatic rings. The van der Waals surface area contributed by atoms with Gasteiger partial charge in [-0.3, -0.25) is 0 Å². The molecule has 0 radical (unpaired) electrons. The van der Waals surface area contributed by atoms with Gasteiger partial charge in [-0.15, -0.1) is 0 Å². The molecule has 0 atom stereocenters. The summed E-state index contributed by atoms with van der Waals surface area (Å²) in [5, 5.41) is 0. The monoisotopic (exact) mass is 169 g/mol. The van der Waals surface area contributed by atoms with Crippen LogP contribution in [-0.4, -0.2) is 14.7 Å². The van der Waals surface area contributed by atoms with E-state index in [4.69, 9.17) is 5.53 Å². The zero-order valence-corrected chi connectivity index (χ0v) is 6.02. The third kappa shape index (κ3) is 7.57. The standard InChI is InChI=1S/CH3N3O3S2/c1-9(5,6)7-8-4-3-2/h1H3. The fourth-order valence-electron chi connectivity index (χ4n) is 0.0838. The predicted octanol–water partition coefficient (Wildman–Crippen LogP) is 0.836. The quantitative estimate of drug-likeness (QED) is 0.206. The van der Waals surface area contributed by atoms with Crippen molar-refractivity contribution in [2.75, 3.05) is 6.26 Å². The van der Waals surface area contributed by atoms with Crippen LogP contribution in [0.1, 0.15) is 0 Å². The van der Waals surface area contributed by atoms with E-state index in [-0.39, 0.29) is 12.2 Å². The molecule has 0 saturated heterocycles. The SMILES string of the molecule is CS(=O)(=O)OSN=[N+]=[N-]. The Morgan fingerprint density at radius 3 is 2.67 bits per heavy atom. The first kappa shape index (κ1) is 8.57. The van der Waals surface area contributed by atoms with Crippen LogP contribution in [0.5, 0.6) is 0 Å². The topological polar surface area (TPSA) is 92.1 Å². The minimum Gasteiger partial charge on any atom is -0.199 e. The molecule has 0 spiro atoms. The number of hydrogen-bond donors (Lipinski definition) is 0. The second-order valence-electron chi connectivity index (χ2n) is 1.02. The lowest BCUT2D eigenvalue weighted by Gasteiger charge is -1.88. The van der Waals surface area contributed by atoms with E-state index in [0.717, 1.165) is 6.26 Å². The van der Waals surface area contributed by atoms with Gasteiger partial charge in [-0.1, -0.05) is 0 Å². The lowest BCUT2D eigenvalue weighted by Crippen LogP contribution is -1.93. The lowest BCUT2D eigenvalue weighted by atomic mass is 12.0. The van der Waals surface area contributed by atoms with E-state index in [2.05, 4.69) is 13.1 Å². The third-order valence-corrected chi connectivity index (χ3v) is 1.60. The molecule has 0 aliphatic rings. The van der Waals surface area contributed by atoms with Gasteiger partial charge in [-0.25, -0.2) is 0 Å². The van der Waals surface area contributed by atoms with Crippen molar-refractivity contribution in [3.8, 4) is 0 Å². The molecule has 0 unspecified atom stereocenters. The zero-order valence-electron chi connectivity index (χ0n) is 4.38. The number of hydrogen-bond acceptors (Lipinski definition) is 5. The number of rotatable bonds is 3. The zero-order chi connectivity index (χ0) is 7.33. The maximum Gasteiger partial charge on any atom is 0.275 e. The van der Waals surface area contributed by atoms with Gasteiger partial charge in [0.1, 0.15) is 12.2 Å². The summed E-state index contributed by atoms with van der Waals surface area (Å²) in [6, 6.07) is 0. The van der Waals surface area contributed by atoms with E-state index in [9.17, 15) is 8.42 Å². The van der Waals surface area contributed by atoms with Crippen LogP contribution in [0.3, 0.4) is 0 Å². The van der Waals surface area contributed by atoms with Crippen molar-refractivity contribution in [1.29, 1.82) is 0 Å². The molecule has 0 rings (SSSR count). The van der Waals surface area contributed by atoms with E-state index in [1.807, 2.05) is 0 Å². The van der Waals surface area contributed by atoms with Crippen molar-refractivity contribution < 1.29 is 12.0 Å². The van der Waals surface area contributed by atoms with Gasteiger partial charge >= 0.3 is 0 Å². The number of azide groups is 1. The highest BCUT2D eigenvalue weighted by molar-refractivity contribution is 8.03. The Morgan fingerprint density at radius 2 is 2.33 bits per heavy atom. The molecule has 52 valence electrons. The van der Waals surface area contributed by atoms with Crippen LogP contribution < -0.4 is 0 Å². The third-order valence-electron chi connectivity index (χ3n) is 0.224. The molecule has 0 fully saturated rings. The van der Waals surface area contributed by atoms with Gasteiger partial charge < -0.3 is 0 Å². The summed E-state index contributed by atoms with van der Waals surface area (Å²) in [5.74, 6) is 0. The Hall–Kier alpha value is -0.430. The fraction of sp³-hybridized carbons (Fsp3) is 1.00. The molecule has 0 amide bonds. The largest absolute Gasteiger partial charge is 0.275 e. The second-order valence-corrected chi connectivity index (χ2v) is 3.28. The van der Waals surface area contributed by atoms with Gasteiger partial charge in [0.25, 0.3) is 10.1 Å². The maximum atomic E-state index is 10.1. The van der Waals surface area contributed by atoms with Crippen molar-refractivity contribution >= 4 is 22.3 Å². The minimum absolute atomic E-state index is 0.181. The first-order chi connectivity index (χ1) is 4.06. The smallest absolute Gasteiger partial charge is 0.199 e. The number of nitrogens with zero attached hydrogens (tertiary/aromatic N) is 3. The average molecular weight is 169 g/mol. The molecule has 0 aromatic heterocycles. The molecule has 0 aromatic carbocycles. The Labute approximate surface area is 56.3 Å². The van der Waals surface area contributed by atoms with Crippen molar-refractivity contribution in [2.45, 2.75) is 0 Å². The summed E-state index contributed by atoms with van der Waals surface area (Å²) < 4.78 is 26.9. The molecule has 0 saturated carbocycles. The Kier molecular flexibility index (Phi) is 3.40. The van der Waals surface area contributed by atoms with Gasteiger partial charge in [-0.2, -0.15) is 12.0 Å². The van der Waals surface area contributed by atoms with Crippen LogP contribution in [0.15, 0.2) is 4.52 Å². The molecule has 6 nitrogen and oxygen atoms in total. The van der Waals surface area contributed by atoms with E-state index < -0.39 is 10.1 Å². The highest BCUT2D eigenvalue weighted by Gasteiger charge is 1.98. The fourth-order valence-corrected chi connectivity index (χ4v) is 0.665. The maximum absolute atomic E-state index is 10.1. The lowest BCUT2D eigenvalue weighted by molar-refractivity contribution is 0.526. The Morgan fingerprint density at radius 1 is 1.78 bits per heavy atom. The predicted molar refractivity (Wildman–Crippen MR) is 32.7 cm³/mol. The van der Waals surface area contributed by atoms with E-state index in [1.165, 1.54) is 0 Å². The summed E-state index contributed by atoms with van der Waals surface area (Å²) >= 11 is 0.181. The van der Waals surface area contributed by atoms with Crippen LogP contribution in [0.4, 0.5) is 0 Å². The molecule has 0 aliphatic heterocycles. The molecular formula is CH3N3O3S2. The summed E-state index contributed by atoms with van der Waals surface area (Å²) in [7, 11) is -3.50. The average Bonchev–Trinajstić information content (AvgIpc) is 1.63. The first-order valence-electron chi connectivity index (χ1n) is 1.66. The van der Waals surface area contributed by atoms with Gasteiger partial charge in [-0.05, 0) is 10.1 Å². The van der Waals surface area contributed by atoms with Gasteiger partial charge in [0.05, 0.1) is 6.26 Å². The Bertz CT molecular complexity index is 213. The van der Waals surface area contributed by atoms with E-state index >= 15 is 0 Å². The molecule has 9 heavy (non-hydrogen) atoms. The summed E-state index contributed by atoms with van der Waals surface area (Å²) in [4.78, 5) is 2.24. The molecule has 0 heterocycles. The van der Waals surface area contributed by atoms with Gasteiger partial charge in [0.15, 0.2) is 0 Å². The van der Waals surface area contributed by atoms with Crippen molar-refractivity contribution in [1.82, 2.24) is 0 Å². The van der Waals surface area contributed by atoms with Crippen LogP contribution in [-0.2, 0) is 13.7 Å². The summed E-state index contributed by atoms with van der Waals surface area (Å²) in [6.45, 7) is 0. The molecule has 8 heteroatoms. The molecule has 0 bridgehead atoms. The van der Waals surface area contributed by atoms with Crippen LogP contribution in [0.25, 0.3) is 10.4 Å². The van der Waals surface area contributed by atoms with Gasteiger partial charge in [0.2, 0.25) is 0 Å². The van der Waals surface area contributed by atoms with Crippen molar-refractivity contribution in [3.63, 3.8) is 0 Å². The van der Waals surface area contributed by atoms with Crippen LogP contribution >= 0.6 is 12.2 Å². The minimum atomic E-state index is -3.50. The highest BCUT2D eigenvalue weighted by Crippen LogP contribution is 2.07. The first-order valence-corrected chi connectivity index (χ1v) is 4.17. The molecule has 0 aliphatic carbocycles. The highest BCUT2D eigenvalue weighted by atomic mass is 32.3. The van der Waals surface area contributed by atoms with Crippen LogP contribution in [0.2, 0.25) is 0 Å². The summed E-state index contributed by atoms with van der Waals surface area (Å²) in [6.07, 6.45) is 0.854. The molecular weight excluding hydrogens is 166 g/mol. The van der Waals surface area contributed by atoms with Crippen molar-refractivity contribution in [2.24, 2.45) is 4.52 Å². The second kappa shape index (κ2) is 3.57. The Balaban J connectivity index is 3.66. The van der Waals surface area contributed by atoms with E-state index in [0.29, 0.717) is 0 Å². The molecule has 0 N–H and O–H groups in total. The van der Waals surface area contributed by atoms with E-state index in [1.54, 1.807) is 0 Å². The van der Waals surface area contributed by atoms with Crippen molar-refractivity contribution in [3.05, 3.63) is 10.4 Å². The normalized spacial score (nSPS) is 10.3. The summed E-state index contributed by atoms with van der Waals surface area (Å²) in [5.41, 5.74) is 7.63. The van der Waals surface area contributed by atoms with Gasteiger partial charge in [0, 0.05) is 4.91 Å². The van der Waals surface area contributed by atoms with Crippen LogP contribution in [0, 0.1) is 0 Å².